The first kappa shape index (κ1) is 16.3. The quantitative estimate of drug-likeness (QED) is 0.659. The van der Waals surface area contributed by atoms with Gasteiger partial charge in [0.1, 0.15) is 10.8 Å². The number of carbonyl (C=O) groups excluding carboxylic acids is 1. The Morgan fingerprint density at radius 1 is 1.17 bits per heavy atom. The lowest BCUT2D eigenvalue weighted by Gasteiger charge is -2.10. The standard InChI is InChI=1S/C19H17FN2OS/c1-12-17(24-19(22-12)14-7-4-3-5-8-14)11-21-16-10-6-9-15(20)18(16)13(2)23/h3-10,21H,11H2,1-2H3. The lowest BCUT2D eigenvalue weighted by Crippen LogP contribution is -2.07. The molecule has 3 nitrogen and oxygen atoms in total. The summed E-state index contributed by atoms with van der Waals surface area (Å²) in [5.74, 6) is -0.792. The van der Waals surface area contributed by atoms with E-state index in [2.05, 4.69) is 10.3 Å². The van der Waals surface area contributed by atoms with Gasteiger partial charge in [0, 0.05) is 16.1 Å². The molecule has 0 aliphatic heterocycles. The van der Waals surface area contributed by atoms with Crippen molar-refractivity contribution in [1.29, 1.82) is 0 Å². The van der Waals surface area contributed by atoms with Crippen molar-refractivity contribution in [2.75, 3.05) is 5.32 Å². The second kappa shape index (κ2) is 6.93. The number of hydrogen-bond donors (Lipinski definition) is 1. The van der Waals surface area contributed by atoms with E-state index in [1.165, 1.54) is 13.0 Å². The van der Waals surface area contributed by atoms with E-state index in [1.807, 2.05) is 37.3 Å². The number of anilines is 1. The predicted octanol–water partition coefficient (Wildman–Crippen LogP) is 5.07. The molecule has 1 aromatic heterocycles. The molecule has 0 aliphatic carbocycles. The fourth-order valence-electron chi connectivity index (χ4n) is 2.50. The van der Waals surface area contributed by atoms with Crippen LogP contribution in [0.25, 0.3) is 10.6 Å². The Hall–Kier alpha value is -2.53. The van der Waals surface area contributed by atoms with Crippen molar-refractivity contribution in [3.63, 3.8) is 0 Å². The van der Waals surface area contributed by atoms with Gasteiger partial charge in [-0.3, -0.25) is 4.79 Å². The second-order valence-electron chi connectivity index (χ2n) is 5.47. The Morgan fingerprint density at radius 2 is 1.92 bits per heavy atom. The number of nitrogens with one attached hydrogen (secondary N) is 1. The number of Topliss-reactive ketones (excluding diaryl/α,β-unsaturated/α-hetero) is 1. The van der Waals surface area contributed by atoms with E-state index in [0.29, 0.717) is 12.2 Å². The van der Waals surface area contributed by atoms with Crippen molar-refractivity contribution in [3.8, 4) is 10.6 Å². The van der Waals surface area contributed by atoms with Crippen LogP contribution in [0.4, 0.5) is 10.1 Å². The third kappa shape index (κ3) is 3.36. The van der Waals surface area contributed by atoms with E-state index >= 15 is 0 Å². The fraction of sp³-hybridized carbons (Fsp3) is 0.158. The van der Waals surface area contributed by atoms with Crippen LogP contribution in [0.1, 0.15) is 27.9 Å². The Morgan fingerprint density at radius 3 is 2.62 bits per heavy atom. The maximum absolute atomic E-state index is 13.9. The number of aryl methyl sites for hydroxylation is 1. The van der Waals surface area contributed by atoms with Crippen LogP contribution in [-0.2, 0) is 6.54 Å². The van der Waals surface area contributed by atoms with E-state index < -0.39 is 5.82 Å². The van der Waals surface area contributed by atoms with Gasteiger partial charge in [0.25, 0.3) is 0 Å². The number of nitrogens with zero attached hydrogens (tertiary/aromatic N) is 1. The van der Waals surface area contributed by atoms with Crippen molar-refractivity contribution in [2.24, 2.45) is 0 Å². The Labute approximate surface area is 144 Å². The van der Waals surface area contributed by atoms with Gasteiger partial charge in [-0.25, -0.2) is 9.37 Å². The lowest BCUT2D eigenvalue weighted by molar-refractivity contribution is 0.101. The highest BCUT2D eigenvalue weighted by atomic mass is 32.1. The van der Waals surface area contributed by atoms with Crippen LogP contribution in [-0.4, -0.2) is 10.8 Å². The van der Waals surface area contributed by atoms with Crippen LogP contribution >= 0.6 is 11.3 Å². The van der Waals surface area contributed by atoms with Gasteiger partial charge in [-0.15, -0.1) is 11.3 Å². The molecular weight excluding hydrogens is 323 g/mol. The molecule has 122 valence electrons. The number of rotatable bonds is 5. The van der Waals surface area contributed by atoms with E-state index in [1.54, 1.807) is 23.5 Å². The van der Waals surface area contributed by atoms with E-state index in [-0.39, 0.29) is 11.3 Å². The molecule has 3 aromatic rings. The molecule has 0 amide bonds. The molecule has 24 heavy (non-hydrogen) atoms. The number of hydrogen-bond acceptors (Lipinski definition) is 4. The second-order valence-corrected chi connectivity index (χ2v) is 6.55. The summed E-state index contributed by atoms with van der Waals surface area (Å²) in [5, 5.41) is 4.12. The van der Waals surface area contributed by atoms with Crippen molar-refractivity contribution in [1.82, 2.24) is 4.98 Å². The number of aromatic nitrogens is 1. The molecule has 0 spiro atoms. The summed E-state index contributed by atoms with van der Waals surface area (Å²) in [5.41, 5.74) is 2.62. The van der Waals surface area contributed by atoms with Gasteiger partial charge in [-0.2, -0.15) is 0 Å². The van der Waals surface area contributed by atoms with Gasteiger partial charge >= 0.3 is 0 Å². The number of thiazole rings is 1. The Kier molecular flexibility index (Phi) is 4.71. The molecule has 0 fully saturated rings. The van der Waals surface area contributed by atoms with Crippen molar-refractivity contribution in [3.05, 3.63) is 70.5 Å². The smallest absolute Gasteiger partial charge is 0.164 e. The largest absolute Gasteiger partial charge is 0.379 e. The summed E-state index contributed by atoms with van der Waals surface area (Å²) < 4.78 is 13.9. The van der Waals surface area contributed by atoms with Gasteiger partial charge in [0.15, 0.2) is 5.78 Å². The highest BCUT2D eigenvalue weighted by molar-refractivity contribution is 7.15. The first-order chi connectivity index (χ1) is 11.6. The van der Waals surface area contributed by atoms with E-state index in [0.717, 1.165) is 21.1 Å². The third-order valence-corrected chi connectivity index (χ3v) is 4.92. The van der Waals surface area contributed by atoms with Gasteiger partial charge < -0.3 is 5.32 Å². The molecular formula is C19H17FN2OS. The molecule has 0 radical (unpaired) electrons. The highest BCUT2D eigenvalue weighted by Crippen LogP contribution is 2.29. The normalized spacial score (nSPS) is 10.6. The zero-order valence-electron chi connectivity index (χ0n) is 13.5. The number of benzene rings is 2. The summed E-state index contributed by atoms with van der Waals surface area (Å²) in [6, 6.07) is 14.6. The van der Waals surface area contributed by atoms with Gasteiger partial charge in [0.2, 0.25) is 0 Å². The minimum Gasteiger partial charge on any atom is -0.379 e. The van der Waals surface area contributed by atoms with E-state index in [4.69, 9.17) is 0 Å². The summed E-state index contributed by atoms with van der Waals surface area (Å²) in [6.07, 6.45) is 0. The Balaban J connectivity index is 1.83. The summed E-state index contributed by atoms with van der Waals surface area (Å²) in [7, 11) is 0. The first-order valence-electron chi connectivity index (χ1n) is 7.61. The van der Waals surface area contributed by atoms with Crippen LogP contribution in [0.5, 0.6) is 0 Å². The topological polar surface area (TPSA) is 42.0 Å². The molecule has 0 aliphatic rings. The van der Waals surface area contributed by atoms with Crippen LogP contribution < -0.4 is 5.32 Å². The van der Waals surface area contributed by atoms with Crippen molar-refractivity contribution < 1.29 is 9.18 Å². The molecule has 5 heteroatoms. The predicted molar refractivity (Wildman–Crippen MR) is 96.0 cm³/mol. The van der Waals surface area contributed by atoms with Crippen molar-refractivity contribution in [2.45, 2.75) is 20.4 Å². The molecule has 1 N–H and O–H groups in total. The average molecular weight is 340 g/mol. The minimum atomic E-state index is -0.501. The van der Waals surface area contributed by atoms with Gasteiger partial charge in [-0.05, 0) is 26.0 Å². The molecule has 0 saturated carbocycles. The van der Waals surface area contributed by atoms with Crippen molar-refractivity contribution >= 4 is 22.8 Å². The molecule has 0 bridgehead atoms. The number of carbonyl (C=O) groups is 1. The lowest BCUT2D eigenvalue weighted by atomic mass is 10.1. The third-order valence-electron chi connectivity index (χ3n) is 3.72. The molecule has 1 heterocycles. The fourth-order valence-corrected chi connectivity index (χ4v) is 3.51. The molecule has 3 rings (SSSR count). The van der Waals surface area contributed by atoms with Crippen LogP contribution in [0.3, 0.4) is 0 Å². The minimum absolute atomic E-state index is 0.1000. The van der Waals surface area contributed by atoms with E-state index in [9.17, 15) is 9.18 Å². The van der Waals surface area contributed by atoms with Crippen LogP contribution in [0.15, 0.2) is 48.5 Å². The van der Waals surface area contributed by atoms with Gasteiger partial charge in [-0.1, -0.05) is 36.4 Å². The van der Waals surface area contributed by atoms with Crippen LogP contribution in [0, 0.1) is 12.7 Å². The molecule has 0 atom stereocenters. The summed E-state index contributed by atoms with van der Waals surface area (Å²) in [4.78, 5) is 17.3. The highest BCUT2D eigenvalue weighted by Gasteiger charge is 2.14. The summed E-state index contributed by atoms with van der Waals surface area (Å²) >= 11 is 1.60. The SMILES string of the molecule is CC(=O)c1c(F)cccc1NCc1sc(-c2ccccc2)nc1C. The zero-order valence-corrected chi connectivity index (χ0v) is 14.3. The zero-order chi connectivity index (χ0) is 17.1. The number of halogens is 1. The molecule has 0 saturated heterocycles. The molecule has 0 unspecified atom stereocenters. The van der Waals surface area contributed by atoms with Crippen LogP contribution in [0.2, 0.25) is 0 Å². The van der Waals surface area contributed by atoms with Gasteiger partial charge in [0.05, 0.1) is 17.8 Å². The molecule has 2 aromatic carbocycles. The monoisotopic (exact) mass is 340 g/mol. The number of ketones is 1. The maximum atomic E-state index is 13.9. The first-order valence-corrected chi connectivity index (χ1v) is 8.43. The maximum Gasteiger partial charge on any atom is 0.164 e. The Bertz CT molecular complexity index is 874. The summed E-state index contributed by atoms with van der Waals surface area (Å²) in [6.45, 7) is 3.83. The average Bonchev–Trinajstić information content (AvgIpc) is 2.94.